The maximum Gasteiger partial charge on any atom is -0.00204 e. The summed E-state index contributed by atoms with van der Waals surface area (Å²) >= 11 is 0. The Morgan fingerprint density at radius 2 is 2.25 bits per heavy atom. The molecule has 2 atom stereocenters. The molecule has 0 aliphatic carbocycles. The molecule has 1 N–H and O–H groups in total. The van der Waals surface area contributed by atoms with Crippen LogP contribution in [-0.2, 0) is 0 Å². The van der Waals surface area contributed by atoms with Gasteiger partial charge in [0.1, 0.15) is 0 Å². The van der Waals surface area contributed by atoms with Gasteiger partial charge in [0, 0.05) is 0 Å². The highest BCUT2D eigenvalue weighted by Crippen LogP contribution is 2.22. The zero-order valence-corrected chi connectivity index (χ0v) is 8.34. The Kier molecular flexibility index (Phi) is 4.37. The fourth-order valence-corrected chi connectivity index (χ4v) is 1.86. The molecule has 1 heteroatoms. The minimum absolute atomic E-state index is 0.861. The second-order valence-corrected chi connectivity index (χ2v) is 3.85. The molecule has 1 nitrogen and oxygen atoms in total. The monoisotopic (exact) mass is 167 g/mol. The molecule has 1 saturated heterocycles. The Balaban J connectivity index is 2.24. The van der Waals surface area contributed by atoms with Crippen LogP contribution in [-0.4, -0.2) is 13.1 Å². The smallest absolute Gasteiger partial charge is 0.00204 e. The van der Waals surface area contributed by atoms with Crippen molar-refractivity contribution in [3.63, 3.8) is 0 Å². The van der Waals surface area contributed by atoms with Gasteiger partial charge in [-0.1, -0.05) is 26.0 Å². The number of allylic oxidation sites excluding steroid dienone is 2. The lowest BCUT2D eigenvalue weighted by Crippen LogP contribution is -2.34. The third-order valence-corrected chi connectivity index (χ3v) is 2.80. The highest BCUT2D eigenvalue weighted by molar-refractivity contribution is 4.86. The molecule has 0 radical (unpaired) electrons. The molecule has 0 bridgehead atoms. The van der Waals surface area contributed by atoms with Gasteiger partial charge in [-0.2, -0.15) is 0 Å². The van der Waals surface area contributed by atoms with Crippen molar-refractivity contribution < 1.29 is 0 Å². The first-order chi connectivity index (χ1) is 5.84. The summed E-state index contributed by atoms with van der Waals surface area (Å²) in [6.45, 7) is 6.98. The molecule has 1 aliphatic heterocycles. The van der Waals surface area contributed by atoms with Crippen molar-refractivity contribution in [2.24, 2.45) is 11.8 Å². The van der Waals surface area contributed by atoms with Crippen LogP contribution in [0, 0.1) is 11.8 Å². The molecule has 2 unspecified atom stereocenters. The molecule has 0 amide bonds. The Bertz CT molecular complexity index is 140. The molecular formula is C11H21N. The van der Waals surface area contributed by atoms with E-state index in [0.717, 1.165) is 11.8 Å². The van der Waals surface area contributed by atoms with Crippen molar-refractivity contribution in [2.75, 3.05) is 13.1 Å². The average Bonchev–Trinajstić information content (AvgIpc) is 2.09. The SMILES string of the molecule is CC/C=C\CC1CCNCC1C. The maximum atomic E-state index is 3.43. The zero-order chi connectivity index (χ0) is 8.81. The third kappa shape index (κ3) is 2.98. The fourth-order valence-electron chi connectivity index (χ4n) is 1.86. The van der Waals surface area contributed by atoms with Crippen LogP contribution in [0.1, 0.15) is 33.1 Å². The minimum Gasteiger partial charge on any atom is -0.316 e. The van der Waals surface area contributed by atoms with E-state index >= 15 is 0 Å². The van der Waals surface area contributed by atoms with Crippen LogP contribution in [0.25, 0.3) is 0 Å². The van der Waals surface area contributed by atoms with Gasteiger partial charge in [0.05, 0.1) is 0 Å². The van der Waals surface area contributed by atoms with Crippen LogP contribution in [0.3, 0.4) is 0 Å². The lowest BCUT2D eigenvalue weighted by atomic mass is 9.85. The first-order valence-corrected chi connectivity index (χ1v) is 5.20. The van der Waals surface area contributed by atoms with Crippen molar-refractivity contribution in [1.29, 1.82) is 0 Å². The molecule has 1 heterocycles. The predicted octanol–water partition coefficient (Wildman–Crippen LogP) is 2.59. The lowest BCUT2D eigenvalue weighted by molar-refractivity contribution is 0.275. The molecule has 0 aromatic heterocycles. The Hall–Kier alpha value is -0.300. The van der Waals surface area contributed by atoms with E-state index in [4.69, 9.17) is 0 Å². The van der Waals surface area contributed by atoms with Gasteiger partial charge in [-0.15, -0.1) is 0 Å². The van der Waals surface area contributed by atoms with Gasteiger partial charge in [0.15, 0.2) is 0 Å². The van der Waals surface area contributed by atoms with Crippen molar-refractivity contribution in [3.05, 3.63) is 12.2 Å². The summed E-state index contributed by atoms with van der Waals surface area (Å²) in [6.07, 6.45) is 8.46. The summed E-state index contributed by atoms with van der Waals surface area (Å²) in [5.41, 5.74) is 0. The summed E-state index contributed by atoms with van der Waals surface area (Å²) in [7, 11) is 0. The second kappa shape index (κ2) is 5.36. The van der Waals surface area contributed by atoms with Crippen LogP contribution < -0.4 is 5.32 Å². The number of hydrogen-bond donors (Lipinski definition) is 1. The van der Waals surface area contributed by atoms with E-state index in [2.05, 4.69) is 31.3 Å². The fraction of sp³-hybridized carbons (Fsp3) is 0.818. The first kappa shape index (κ1) is 9.79. The molecule has 0 saturated carbocycles. The van der Waals surface area contributed by atoms with Crippen molar-refractivity contribution >= 4 is 0 Å². The minimum atomic E-state index is 0.861. The summed E-state index contributed by atoms with van der Waals surface area (Å²) in [6, 6.07) is 0. The first-order valence-electron chi connectivity index (χ1n) is 5.20. The molecule has 0 aromatic carbocycles. The summed E-state index contributed by atoms with van der Waals surface area (Å²) in [4.78, 5) is 0. The average molecular weight is 167 g/mol. The molecule has 12 heavy (non-hydrogen) atoms. The van der Waals surface area contributed by atoms with Crippen molar-refractivity contribution in [2.45, 2.75) is 33.1 Å². The van der Waals surface area contributed by atoms with Gasteiger partial charge in [-0.3, -0.25) is 0 Å². The van der Waals surface area contributed by atoms with Crippen LogP contribution in [0.5, 0.6) is 0 Å². The predicted molar refractivity (Wildman–Crippen MR) is 54.2 cm³/mol. The quantitative estimate of drug-likeness (QED) is 0.637. The lowest BCUT2D eigenvalue weighted by Gasteiger charge is -2.28. The normalized spacial score (nSPS) is 31.2. The highest BCUT2D eigenvalue weighted by Gasteiger charge is 2.18. The number of piperidine rings is 1. The molecule has 1 fully saturated rings. The topological polar surface area (TPSA) is 12.0 Å². The molecule has 1 aliphatic rings. The van der Waals surface area contributed by atoms with E-state index in [1.54, 1.807) is 0 Å². The van der Waals surface area contributed by atoms with Crippen LogP contribution in [0.4, 0.5) is 0 Å². The van der Waals surface area contributed by atoms with Crippen LogP contribution >= 0.6 is 0 Å². The second-order valence-electron chi connectivity index (χ2n) is 3.85. The Morgan fingerprint density at radius 1 is 1.42 bits per heavy atom. The molecule has 0 spiro atoms. The standard InChI is InChI=1S/C11H21N/c1-3-4-5-6-11-7-8-12-9-10(11)2/h4-5,10-12H,3,6-9H2,1-2H3/b5-4-. The van der Waals surface area contributed by atoms with Gasteiger partial charge in [-0.25, -0.2) is 0 Å². The van der Waals surface area contributed by atoms with Gasteiger partial charge in [-0.05, 0) is 44.2 Å². The van der Waals surface area contributed by atoms with Gasteiger partial charge in [0.2, 0.25) is 0 Å². The van der Waals surface area contributed by atoms with Gasteiger partial charge < -0.3 is 5.32 Å². The van der Waals surface area contributed by atoms with E-state index in [1.807, 2.05) is 0 Å². The third-order valence-electron chi connectivity index (χ3n) is 2.80. The maximum absolute atomic E-state index is 3.43. The summed E-state index contributed by atoms with van der Waals surface area (Å²) in [5, 5.41) is 3.43. The molecule has 70 valence electrons. The van der Waals surface area contributed by atoms with E-state index < -0.39 is 0 Å². The zero-order valence-electron chi connectivity index (χ0n) is 8.34. The molecule has 0 aromatic rings. The van der Waals surface area contributed by atoms with Gasteiger partial charge in [0.25, 0.3) is 0 Å². The van der Waals surface area contributed by atoms with Crippen LogP contribution in [0.15, 0.2) is 12.2 Å². The Labute approximate surface area is 76.2 Å². The summed E-state index contributed by atoms with van der Waals surface area (Å²) in [5.74, 6) is 1.79. The highest BCUT2D eigenvalue weighted by atomic mass is 14.9. The number of hydrogen-bond acceptors (Lipinski definition) is 1. The van der Waals surface area contributed by atoms with E-state index in [0.29, 0.717) is 0 Å². The molecular weight excluding hydrogens is 146 g/mol. The van der Waals surface area contributed by atoms with Crippen molar-refractivity contribution in [3.8, 4) is 0 Å². The van der Waals surface area contributed by atoms with E-state index in [1.165, 1.54) is 32.4 Å². The Morgan fingerprint density at radius 3 is 2.92 bits per heavy atom. The van der Waals surface area contributed by atoms with Crippen molar-refractivity contribution in [1.82, 2.24) is 5.32 Å². The number of nitrogens with one attached hydrogen (secondary N) is 1. The summed E-state index contributed by atoms with van der Waals surface area (Å²) < 4.78 is 0. The number of rotatable bonds is 3. The van der Waals surface area contributed by atoms with Gasteiger partial charge >= 0.3 is 0 Å². The largest absolute Gasteiger partial charge is 0.316 e. The van der Waals surface area contributed by atoms with Crippen LogP contribution in [0.2, 0.25) is 0 Å². The molecule has 1 rings (SSSR count). The van der Waals surface area contributed by atoms with E-state index in [9.17, 15) is 0 Å². The van der Waals surface area contributed by atoms with E-state index in [-0.39, 0.29) is 0 Å².